The Bertz CT molecular complexity index is 2770. The van der Waals surface area contributed by atoms with E-state index in [0.717, 1.165) is 44.7 Å². The van der Waals surface area contributed by atoms with Gasteiger partial charge in [0.15, 0.2) is 0 Å². The summed E-state index contributed by atoms with van der Waals surface area (Å²) in [4.78, 5) is 2.39. The molecule has 3 nitrogen and oxygen atoms in total. The Balaban J connectivity index is 1.24. The van der Waals surface area contributed by atoms with Gasteiger partial charge in [0.1, 0.15) is 11.2 Å². The molecule has 0 amide bonds. The third-order valence-corrected chi connectivity index (χ3v) is 10.3. The van der Waals surface area contributed by atoms with Gasteiger partial charge in [-0.2, -0.15) is 0 Å². The third-order valence-electron chi connectivity index (χ3n) is 9.17. The first-order chi connectivity index (χ1) is 22.8. The molecule has 0 aliphatic heterocycles. The van der Waals surface area contributed by atoms with Crippen LogP contribution in [0.5, 0.6) is 0 Å². The minimum Gasteiger partial charge on any atom is -0.456 e. The van der Waals surface area contributed by atoms with Crippen molar-refractivity contribution in [2.75, 3.05) is 4.90 Å². The molecule has 0 bridgehead atoms. The molecule has 0 spiro atoms. The smallest absolute Gasteiger partial charge is 0.135 e. The van der Waals surface area contributed by atoms with E-state index in [4.69, 9.17) is 4.42 Å². The minimum absolute atomic E-state index is 0.895. The molecule has 10 aromatic rings. The first kappa shape index (κ1) is 25.5. The number of hydrogen-bond donors (Lipinski definition) is 0. The van der Waals surface area contributed by atoms with E-state index in [-0.39, 0.29) is 0 Å². The van der Waals surface area contributed by atoms with Crippen molar-refractivity contribution in [2.24, 2.45) is 0 Å². The van der Waals surface area contributed by atoms with Crippen LogP contribution in [0.15, 0.2) is 162 Å². The lowest BCUT2D eigenvalue weighted by atomic mass is 10.1. The lowest BCUT2D eigenvalue weighted by Crippen LogP contribution is -2.09. The van der Waals surface area contributed by atoms with Gasteiger partial charge in [0.25, 0.3) is 0 Å². The maximum absolute atomic E-state index is 6.22. The van der Waals surface area contributed by atoms with Crippen molar-refractivity contribution >= 4 is 92.3 Å². The van der Waals surface area contributed by atoms with Gasteiger partial charge in [-0.15, -0.1) is 11.3 Å². The first-order valence-corrected chi connectivity index (χ1v) is 16.3. The number of para-hydroxylation sites is 3. The Kier molecular flexibility index (Phi) is 5.45. The molecule has 0 saturated carbocycles. The van der Waals surface area contributed by atoms with E-state index in [1.165, 1.54) is 42.0 Å². The molecule has 0 saturated heterocycles. The van der Waals surface area contributed by atoms with Gasteiger partial charge in [0.2, 0.25) is 0 Å². The standard InChI is InChI=1S/C42H26N2OS/c1-2-10-27(11-3-1)44-37-15-7-4-12-31(37)35-24-28(19-22-38(35)44)43(29-20-23-40-36(25-29)32-13-5-8-16-39(32)45-40)30-18-21-34-33-14-6-9-17-41(33)46-42(34)26-30/h1-26H. The molecule has 10 rings (SSSR count). The van der Waals surface area contributed by atoms with Gasteiger partial charge in [-0.05, 0) is 78.9 Å². The van der Waals surface area contributed by atoms with Crippen LogP contribution in [0.1, 0.15) is 0 Å². The van der Waals surface area contributed by atoms with Crippen LogP contribution in [0, 0.1) is 0 Å². The molecule has 0 aliphatic carbocycles. The summed E-state index contributed by atoms with van der Waals surface area (Å²) in [5.41, 5.74) is 8.66. The van der Waals surface area contributed by atoms with Gasteiger partial charge in [0, 0.05) is 64.5 Å². The van der Waals surface area contributed by atoms with E-state index >= 15 is 0 Å². The zero-order chi connectivity index (χ0) is 30.2. The number of hydrogen-bond acceptors (Lipinski definition) is 3. The average molecular weight is 607 g/mol. The zero-order valence-electron chi connectivity index (χ0n) is 24.7. The third kappa shape index (κ3) is 3.77. The number of benzene rings is 7. The van der Waals surface area contributed by atoms with Gasteiger partial charge in [-0.3, -0.25) is 0 Å². The van der Waals surface area contributed by atoms with Gasteiger partial charge in [0.05, 0.1) is 11.0 Å². The molecule has 0 radical (unpaired) electrons. The number of anilines is 3. The topological polar surface area (TPSA) is 21.3 Å². The van der Waals surface area contributed by atoms with Crippen LogP contribution in [-0.2, 0) is 0 Å². The number of furan rings is 1. The fourth-order valence-corrected chi connectivity index (χ4v) is 8.25. The molecular formula is C42H26N2OS. The molecule has 0 unspecified atom stereocenters. The molecule has 216 valence electrons. The minimum atomic E-state index is 0.895. The van der Waals surface area contributed by atoms with Crippen LogP contribution in [0.4, 0.5) is 17.1 Å². The Labute approximate surface area is 268 Å². The largest absolute Gasteiger partial charge is 0.456 e. The lowest BCUT2D eigenvalue weighted by molar-refractivity contribution is 0.669. The molecule has 0 aliphatic rings. The predicted octanol–water partition coefficient (Wildman–Crippen LogP) is 12.5. The highest BCUT2D eigenvalue weighted by Gasteiger charge is 2.19. The molecule has 3 aromatic heterocycles. The van der Waals surface area contributed by atoms with Gasteiger partial charge in [-0.1, -0.05) is 78.9 Å². The summed E-state index contributed by atoms with van der Waals surface area (Å²) in [5.74, 6) is 0. The Morgan fingerprint density at radius 2 is 1.02 bits per heavy atom. The van der Waals surface area contributed by atoms with Crippen LogP contribution in [-0.4, -0.2) is 4.57 Å². The number of thiophene rings is 1. The molecule has 4 heteroatoms. The molecule has 3 heterocycles. The van der Waals surface area contributed by atoms with Crippen LogP contribution in [0.2, 0.25) is 0 Å². The summed E-state index contributed by atoms with van der Waals surface area (Å²) in [6, 6.07) is 56.6. The molecule has 46 heavy (non-hydrogen) atoms. The summed E-state index contributed by atoms with van der Waals surface area (Å²) >= 11 is 1.85. The highest BCUT2D eigenvalue weighted by Crippen LogP contribution is 2.44. The van der Waals surface area contributed by atoms with E-state index in [1.807, 2.05) is 23.5 Å². The summed E-state index contributed by atoms with van der Waals surface area (Å²) < 4.78 is 11.2. The SMILES string of the molecule is c1ccc(-n2c3ccccc3c3cc(N(c4ccc5c(c4)sc4ccccc45)c4ccc5oc6ccccc6c5c4)ccc32)cc1. The van der Waals surface area contributed by atoms with E-state index < -0.39 is 0 Å². The van der Waals surface area contributed by atoms with Crippen molar-refractivity contribution in [2.45, 2.75) is 0 Å². The normalized spacial score (nSPS) is 11.9. The highest BCUT2D eigenvalue weighted by atomic mass is 32.1. The van der Waals surface area contributed by atoms with E-state index in [1.54, 1.807) is 0 Å². The van der Waals surface area contributed by atoms with Crippen molar-refractivity contribution in [1.29, 1.82) is 0 Å². The molecule has 0 fully saturated rings. The second-order valence-corrected chi connectivity index (χ2v) is 12.9. The van der Waals surface area contributed by atoms with Gasteiger partial charge in [-0.25, -0.2) is 0 Å². The van der Waals surface area contributed by atoms with Crippen molar-refractivity contribution in [3.05, 3.63) is 158 Å². The summed E-state index contributed by atoms with van der Waals surface area (Å²) in [6.07, 6.45) is 0. The summed E-state index contributed by atoms with van der Waals surface area (Å²) in [5, 5.41) is 7.30. The van der Waals surface area contributed by atoms with Crippen LogP contribution in [0.25, 0.3) is 69.6 Å². The van der Waals surface area contributed by atoms with E-state index in [0.29, 0.717) is 0 Å². The van der Waals surface area contributed by atoms with E-state index in [9.17, 15) is 0 Å². The summed E-state index contributed by atoms with van der Waals surface area (Å²) in [6.45, 7) is 0. The predicted molar refractivity (Wildman–Crippen MR) is 196 cm³/mol. The fourth-order valence-electron chi connectivity index (χ4n) is 7.11. The van der Waals surface area contributed by atoms with Crippen molar-refractivity contribution in [3.8, 4) is 5.69 Å². The molecule has 0 N–H and O–H groups in total. The number of rotatable bonds is 4. The lowest BCUT2D eigenvalue weighted by Gasteiger charge is -2.26. The zero-order valence-corrected chi connectivity index (χ0v) is 25.5. The van der Waals surface area contributed by atoms with Gasteiger partial charge < -0.3 is 13.9 Å². The van der Waals surface area contributed by atoms with Crippen LogP contribution < -0.4 is 4.90 Å². The monoisotopic (exact) mass is 606 g/mol. The number of aromatic nitrogens is 1. The second-order valence-electron chi connectivity index (χ2n) is 11.8. The molecular weight excluding hydrogens is 581 g/mol. The maximum atomic E-state index is 6.22. The maximum Gasteiger partial charge on any atom is 0.135 e. The van der Waals surface area contributed by atoms with Gasteiger partial charge >= 0.3 is 0 Å². The first-order valence-electron chi connectivity index (χ1n) is 15.5. The quantitative estimate of drug-likeness (QED) is 0.199. The van der Waals surface area contributed by atoms with Crippen LogP contribution >= 0.6 is 11.3 Å². The van der Waals surface area contributed by atoms with Crippen molar-refractivity contribution in [3.63, 3.8) is 0 Å². The Hall–Kier alpha value is -5.84. The molecule has 7 aromatic carbocycles. The molecule has 0 atom stereocenters. The van der Waals surface area contributed by atoms with Crippen molar-refractivity contribution in [1.82, 2.24) is 4.57 Å². The van der Waals surface area contributed by atoms with Crippen LogP contribution in [0.3, 0.4) is 0 Å². The average Bonchev–Trinajstić information content (AvgIpc) is 3.78. The number of nitrogens with zero attached hydrogens (tertiary/aromatic N) is 2. The van der Waals surface area contributed by atoms with E-state index in [2.05, 4.69) is 155 Å². The Morgan fingerprint density at radius 3 is 1.91 bits per heavy atom. The Morgan fingerprint density at radius 1 is 0.413 bits per heavy atom. The highest BCUT2D eigenvalue weighted by molar-refractivity contribution is 7.25. The second kappa shape index (κ2) is 9.83. The van der Waals surface area contributed by atoms with Crippen molar-refractivity contribution < 1.29 is 4.42 Å². The summed E-state index contributed by atoms with van der Waals surface area (Å²) in [7, 11) is 0. The fraction of sp³-hybridized carbons (Fsp3) is 0. The number of fused-ring (bicyclic) bond motifs is 9.